The highest BCUT2D eigenvalue weighted by Gasteiger charge is 2.29. The van der Waals surface area contributed by atoms with E-state index in [4.69, 9.17) is 0 Å². The van der Waals surface area contributed by atoms with E-state index in [9.17, 15) is 9.50 Å². The number of anilines is 1. The molecular weight excluding hydrogens is 213 g/mol. The van der Waals surface area contributed by atoms with Crippen LogP contribution in [0.15, 0.2) is 23.1 Å². The summed E-state index contributed by atoms with van der Waals surface area (Å²) in [7, 11) is 1.98. The lowest BCUT2D eigenvalue weighted by molar-refractivity contribution is 0.282. The van der Waals surface area contributed by atoms with Crippen LogP contribution in [0.25, 0.3) is 0 Å². The molecule has 2 nitrogen and oxygen atoms in total. The van der Waals surface area contributed by atoms with E-state index in [-0.39, 0.29) is 23.7 Å². The van der Waals surface area contributed by atoms with Crippen molar-refractivity contribution in [1.29, 1.82) is 0 Å². The van der Waals surface area contributed by atoms with Gasteiger partial charge in [-0.25, -0.2) is 4.39 Å². The maximum Gasteiger partial charge on any atom is 0.124 e. The van der Waals surface area contributed by atoms with Crippen molar-refractivity contribution >= 4 is 17.4 Å². The zero-order valence-electron chi connectivity index (χ0n) is 8.77. The van der Waals surface area contributed by atoms with E-state index >= 15 is 0 Å². The molecule has 82 valence electrons. The van der Waals surface area contributed by atoms with Gasteiger partial charge in [-0.2, -0.15) is 0 Å². The van der Waals surface area contributed by atoms with E-state index in [0.717, 1.165) is 10.6 Å². The minimum Gasteiger partial charge on any atom is -0.395 e. The second-order valence-electron chi connectivity index (χ2n) is 3.80. The lowest BCUT2D eigenvalue weighted by atomic mass is 10.1. The predicted molar refractivity (Wildman–Crippen MR) is 61.0 cm³/mol. The van der Waals surface area contributed by atoms with Crippen LogP contribution in [0.5, 0.6) is 0 Å². The zero-order chi connectivity index (χ0) is 11.0. The van der Waals surface area contributed by atoms with Gasteiger partial charge in [0.05, 0.1) is 17.5 Å². The van der Waals surface area contributed by atoms with Crippen LogP contribution in [0, 0.1) is 5.82 Å². The molecule has 15 heavy (non-hydrogen) atoms. The maximum absolute atomic E-state index is 13.1. The Bertz CT molecular complexity index is 372. The van der Waals surface area contributed by atoms with Crippen molar-refractivity contribution in [2.75, 3.05) is 18.6 Å². The number of hydrogen-bond donors (Lipinski definition) is 1. The van der Waals surface area contributed by atoms with Gasteiger partial charge in [-0.05, 0) is 25.1 Å². The molecule has 0 fully saturated rings. The Kier molecular flexibility index (Phi) is 2.89. The summed E-state index contributed by atoms with van der Waals surface area (Å²) in [5.41, 5.74) is 1.04. The molecule has 0 bridgehead atoms. The second-order valence-corrected chi connectivity index (χ2v) is 5.08. The number of aliphatic hydroxyl groups excluding tert-OH is 1. The minimum atomic E-state index is -0.221. The molecule has 1 aromatic carbocycles. The van der Waals surface area contributed by atoms with Crippen LogP contribution in [0.3, 0.4) is 0 Å². The highest BCUT2D eigenvalue weighted by Crippen LogP contribution is 2.40. The summed E-state index contributed by atoms with van der Waals surface area (Å²) >= 11 is 1.55. The quantitative estimate of drug-likeness (QED) is 0.795. The summed E-state index contributed by atoms with van der Waals surface area (Å²) in [6, 6.07) is 5.06. The van der Waals surface area contributed by atoms with E-state index < -0.39 is 0 Å². The third-order valence-corrected chi connectivity index (χ3v) is 4.34. The number of fused-ring (bicyclic) bond motifs is 1. The SMILES string of the molecule is CC1C(CO)Sc2cc(F)ccc2N1C. The first kappa shape index (κ1) is 10.8. The maximum atomic E-state index is 13.1. The molecule has 0 spiro atoms. The summed E-state index contributed by atoms with van der Waals surface area (Å²) < 4.78 is 13.1. The van der Waals surface area contributed by atoms with Gasteiger partial charge in [0.1, 0.15) is 5.82 Å². The number of aliphatic hydroxyl groups is 1. The Hall–Kier alpha value is -0.740. The highest BCUT2D eigenvalue weighted by atomic mass is 32.2. The smallest absolute Gasteiger partial charge is 0.124 e. The standard InChI is InChI=1S/C11H14FNOS/c1-7-11(6-14)15-10-5-8(12)3-4-9(10)13(7)2/h3-5,7,11,14H,6H2,1-2H3. The Morgan fingerprint density at radius 3 is 2.93 bits per heavy atom. The van der Waals surface area contributed by atoms with E-state index in [1.54, 1.807) is 17.8 Å². The molecule has 1 aromatic rings. The van der Waals surface area contributed by atoms with Gasteiger partial charge in [0.25, 0.3) is 0 Å². The number of nitrogens with zero attached hydrogens (tertiary/aromatic N) is 1. The zero-order valence-corrected chi connectivity index (χ0v) is 9.59. The topological polar surface area (TPSA) is 23.5 Å². The second kappa shape index (κ2) is 4.02. The molecule has 1 heterocycles. The summed E-state index contributed by atoms with van der Waals surface area (Å²) in [6.07, 6.45) is 0. The van der Waals surface area contributed by atoms with E-state index in [1.807, 2.05) is 7.05 Å². The molecule has 1 aliphatic rings. The lowest BCUT2D eigenvalue weighted by Gasteiger charge is -2.38. The number of rotatable bonds is 1. The Labute approximate surface area is 93.1 Å². The van der Waals surface area contributed by atoms with Crippen molar-refractivity contribution in [2.24, 2.45) is 0 Å². The van der Waals surface area contributed by atoms with Crippen LogP contribution < -0.4 is 4.90 Å². The Morgan fingerprint density at radius 2 is 2.27 bits per heavy atom. The molecule has 0 amide bonds. The van der Waals surface area contributed by atoms with Crippen molar-refractivity contribution in [3.8, 4) is 0 Å². The molecule has 0 radical (unpaired) electrons. The molecule has 0 saturated carbocycles. The largest absolute Gasteiger partial charge is 0.395 e. The fraction of sp³-hybridized carbons (Fsp3) is 0.455. The number of hydrogen-bond acceptors (Lipinski definition) is 3. The van der Waals surface area contributed by atoms with Crippen molar-refractivity contribution < 1.29 is 9.50 Å². The van der Waals surface area contributed by atoms with Crippen LogP contribution in [-0.4, -0.2) is 30.1 Å². The van der Waals surface area contributed by atoms with Gasteiger partial charge in [0.15, 0.2) is 0 Å². The first-order chi connectivity index (χ1) is 7.13. The summed E-state index contributed by atoms with van der Waals surface area (Å²) in [6.45, 7) is 2.19. The van der Waals surface area contributed by atoms with Gasteiger partial charge in [0, 0.05) is 18.0 Å². The van der Waals surface area contributed by atoms with Crippen LogP contribution in [0.2, 0.25) is 0 Å². The summed E-state index contributed by atoms with van der Waals surface area (Å²) in [5, 5.41) is 9.35. The average molecular weight is 227 g/mol. The molecule has 4 heteroatoms. The molecular formula is C11H14FNOS. The lowest BCUT2D eigenvalue weighted by Crippen LogP contribution is -2.42. The van der Waals surface area contributed by atoms with Crippen molar-refractivity contribution in [2.45, 2.75) is 23.1 Å². The van der Waals surface area contributed by atoms with E-state index in [1.165, 1.54) is 12.1 Å². The molecule has 2 atom stereocenters. The first-order valence-electron chi connectivity index (χ1n) is 4.93. The number of thioether (sulfide) groups is 1. The number of halogens is 1. The van der Waals surface area contributed by atoms with Crippen molar-refractivity contribution in [1.82, 2.24) is 0 Å². The van der Waals surface area contributed by atoms with Gasteiger partial charge < -0.3 is 10.0 Å². The van der Waals surface area contributed by atoms with Gasteiger partial charge in [-0.15, -0.1) is 11.8 Å². The van der Waals surface area contributed by atoms with Crippen LogP contribution in [0.1, 0.15) is 6.92 Å². The Balaban J connectivity index is 2.40. The Morgan fingerprint density at radius 1 is 1.53 bits per heavy atom. The molecule has 0 saturated heterocycles. The molecule has 0 aromatic heterocycles. The normalized spacial score (nSPS) is 25.2. The van der Waals surface area contributed by atoms with Gasteiger partial charge in [-0.3, -0.25) is 0 Å². The van der Waals surface area contributed by atoms with Crippen LogP contribution in [-0.2, 0) is 0 Å². The van der Waals surface area contributed by atoms with E-state index in [2.05, 4.69) is 11.8 Å². The summed E-state index contributed by atoms with van der Waals surface area (Å²) in [5.74, 6) is -0.221. The summed E-state index contributed by atoms with van der Waals surface area (Å²) in [4.78, 5) is 3.00. The first-order valence-corrected chi connectivity index (χ1v) is 5.81. The highest BCUT2D eigenvalue weighted by molar-refractivity contribution is 8.00. The fourth-order valence-electron chi connectivity index (χ4n) is 1.79. The molecule has 0 aliphatic carbocycles. The van der Waals surface area contributed by atoms with Crippen molar-refractivity contribution in [3.63, 3.8) is 0 Å². The fourth-order valence-corrected chi connectivity index (χ4v) is 3.09. The van der Waals surface area contributed by atoms with Gasteiger partial charge in [0.2, 0.25) is 0 Å². The monoisotopic (exact) mass is 227 g/mol. The molecule has 2 rings (SSSR count). The van der Waals surface area contributed by atoms with Crippen molar-refractivity contribution in [3.05, 3.63) is 24.0 Å². The average Bonchev–Trinajstić information content (AvgIpc) is 2.23. The van der Waals surface area contributed by atoms with Gasteiger partial charge >= 0.3 is 0 Å². The number of benzene rings is 1. The minimum absolute atomic E-state index is 0.115. The molecule has 1 N–H and O–H groups in total. The predicted octanol–water partition coefficient (Wildman–Crippen LogP) is 2.12. The third kappa shape index (κ3) is 1.84. The van der Waals surface area contributed by atoms with Crippen LogP contribution in [0.4, 0.5) is 10.1 Å². The molecule has 1 aliphatic heterocycles. The van der Waals surface area contributed by atoms with Gasteiger partial charge in [-0.1, -0.05) is 0 Å². The van der Waals surface area contributed by atoms with Crippen LogP contribution >= 0.6 is 11.8 Å². The van der Waals surface area contributed by atoms with E-state index in [0.29, 0.717) is 0 Å². The molecule has 2 unspecified atom stereocenters. The third-order valence-electron chi connectivity index (χ3n) is 2.91.